The molecule has 0 aliphatic carbocycles. The van der Waals surface area contributed by atoms with Gasteiger partial charge in [-0.3, -0.25) is 4.55 Å². The summed E-state index contributed by atoms with van der Waals surface area (Å²) in [5, 5.41) is 4.45. The molecule has 1 aromatic carbocycles. The van der Waals surface area contributed by atoms with Crippen molar-refractivity contribution in [2.45, 2.75) is 26.3 Å². The van der Waals surface area contributed by atoms with Crippen LogP contribution in [0.15, 0.2) is 48.9 Å². The highest BCUT2D eigenvalue weighted by atomic mass is 35.5. The molecule has 4 aromatic rings. The maximum absolute atomic E-state index is 14.0. The van der Waals surface area contributed by atoms with Crippen LogP contribution in [-0.2, 0) is 23.1 Å². The molecule has 0 radical (unpaired) electrons. The van der Waals surface area contributed by atoms with E-state index in [4.69, 9.17) is 21.9 Å². The van der Waals surface area contributed by atoms with Crippen LogP contribution in [0.5, 0.6) is 0 Å². The third kappa shape index (κ3) is 7.35. The lowest BCUT2D eigenvalue weighted by Crippen LogP contribution is -2.07. The van der Waals surface area contributed by atoms with Gasteiger partial charge in [-0.1, -0.05) is 24.6 Å². The number of rotatable bonds is 7. The number of nitrogens with one attached hydrogen (secondary N) is 2. The second-order valence-electron chi connectivity index (χ2n) is 7.66. The number of aromatic nitrogens is 3. The van der Waals surface area contributed by atoms with Crippen LogP contribution in [-0.4, -0.2) is 33.7 Å². The molecule has 12 heteroatoms. The standard InChI is InChI=1S/C20H16ClF2N5.C3H8O3S/c21-13-6-14-12(8-27-20(14)28-9-13)5-11-1-4-18(25-7-11)26-10-15-16(22)2-3-17(24)19(15)23;1-2-3-7(4,5)6/h1-4,6-9H,5,10,24H2,(H,25,26)(H,27,28);2-3H2,1H3,(H,4,5,6). The van der Waals surface area contributed by atoms with E-state index in [0.29, 0.717) is 23.7 Å². The molecule has 0 saturated heterocycles. The summed E-state index contributed by atoms with van der Waals surface area (Å²) >= 11 is 6.03. The Balaban J connectivity index is 0.000000429. The summed E-state index contributed by atoms with van der Waals surface area (Å²) in [7, 11) is -3.67. The molecule has 8 nitrogen and oxygen atoms in total. The molecule has 0 amide bonds. The van der Waals surface area contributed by atoms with Crippen molar-refractivity contribution < 1.29 is 21.8 Å². The van der Waals surface area contributed by atoms with Crippen molar-refractivity contribution in [2.75, 3.05) is 16.8 Å². The molecule has 3 heterocycles. The number of fused-ring (bicyclic) bond motifs is 1. The van der Waals surface area contributed by atoms with Gasteiger partial charge in [0.15, 0.2) is 5.82 Å². The van der Waals surface area contributed by atoms with Crippen LogP contribution in [0.25, 0.3) is 11.0 Å². The van der Waals surface area contributed by atoms with E-state index >= 15 is 0 Å². The van der Waals surface area contributed by atoms with Crippen LogP contribution in [0.3, 0.4) is 0 Å². The van der Waals surface area contributed by atoms with E-state index in [0.717, 1.165) is 28.2 Å². The van der Waals surface area contributed by atoms with Crippen LogP contribution in [0.1, 0.15) is 30.0 Å². The van der Waals surface area contributed by atoms with Gasteiger partial charge in [0.2, 0.25) is 0 Å². The van der Waals surface area contributed by atoms with Crippen molar-refractivity contribution in [3.63, 3.8) is 0 Å². The number of benzene rings is 1. The zero-order chi connectivity index (χ0) is 25.6. The highest BCUT2D eigenvalue weighted by Crippen LogP contribution is 2.23. The summed E-state index contributed by atoms with van der Waals surface area (Å²) in [6.07, 6.45) is 6.32. The van der Waals surface area contributed by atoms with E-state index < -0.39 is 21.8 Å². The van der Waals surface area contributed by atoms with Crippen LogP contribution in [0, 0.1) is 11.6 Å². The number of hydrogen-bond donors (Lipinski definition) is 4. The van der Waals surface area contributed by atoms with Crippen molar-refractivity contribution in [2.24, 2.45) is 0 Å². The maximum atomic E-state index is 14.0. The first-order valence-corrected chi connectivity index (χ1v) is 12.5. The molecular formula is C23H24ClF2N5O3S. The third-order valence-corrected chi connectivity index (χ3v) is 6.06. The van der Waals surface area contributed by atoms with Crippen LogP contribution >= 0.6 is 11.6 Å². The average molecular weight is 524 g/mol. The molecule has 0 unspecified atom stereocenters. The minimum Gasteiger partial charge on any atom is -0.396 e. The Morgan fingerprint density at radius 2 is 1.94 bits per heavy atom. The number of hydrogen-bond acceptors (Lipinski definition) is 6. The van der Waals surface area contributed by atoms with Gasteiger partial charge in [-0.05, 0) is 41.8 Å². The van der Waals surface area contributed by atoms with Crippen LogP contribution in [0.4, 0.5) is 20.3 Å². The summed E-state index contributed by atoms with van der Waals surface area (Å²) in [5.41, 5.74) is 8.09. The van der Waals surface area contributed by atoms with Crippen molar-refractivity contribution in [3.8, 4) is 0 Å². The predicted molar refractivity (Wildman–Crippen MR) is 133 cm³/mol. The van der Waals surface area contributed by atoms with E-state index in [2.05, 4.69) is 20.3 Å². The Morgan fingerprint density at radius 3 is 2.57 bits per heavy atom. The molecule has 35 heavy (non-hydrogen) atoms. The lowest BCUT2D eigenvalue weighted by molar-refractivity contribution is 0.482. The summed E-state index contributed by atoms with van der Waals surface area (Å²) < 4.78 is 55.3. The van der Waals surface area contributed by atoms with Gasteiger partial charge in [0.05, 0.1) is 16.5 Å². The van der Waals surface area contributed by atoms with Crippen molar-refractivity contribution in [1.82, 2.24) is 15.0 Å². The molecule has 0 aliphatic heterocycles. The van der Waals surface area contributed by atoms with Gasteiger partial charge in [0, 0.05) is 42.5 Å². The molecule has 0 atom stereocenters. The zero-order valence-corrected chi connectivity index (χ0v) is 20.3. The van der Waals surface area contributed by atoms with E-state index in [-0.39, 0.29) is 23.5 Å². The first-order chi connectivity index (χ1) is 16.6. The molecule has 0 fully saturated rings. The first kappa shape index (κ1) is 26.3. The second kappa shape index (κ2) is 11.4. The number of H-pyrrole nitrogens is 1. The van der Waals surface area contributed by atoms with Crippen LogP contribution in [0.2, 0.25) is 5.02 Å². The zero-order valence-electron chi connectivity index (χ0n) is 18.7. The minimum absolute atomic E-state index is 0.0539. The van der Waals surface area contributed by atoms with Gasteiger partial charge in [-0.25, -0.2) is 18.7 Å². The SMILES string of the molecule is CCCS(=O)(=O)O.Nc1ccc(F)c(CNc2ccc(Cc3c[nH]c4ncc(Cl)cc34)cn2)c1F. The maximum Gasteiger partial charge on any atom is 0.264 e. The van der Waals surface area contributed by atoms with E-state index in [1.54, 1.807) is 25.4 Å². The fourth-order valence-corrected chi connectivity index (χ4v) is 3.92. The monoisotopic (exact) mass is 523 g/mol. The molecule has 5 N–H and O–H groups in total. The molecular weight excluding hydrogens is 500 g/mol. The number of pyridine rings is 2. The van der Waals surface area contributed by atoms with Crippen molar-refractivity contribution in [3.05, 3.63) is 82.3 Å². The van der Waals surface area contributed by atoms with E-state index in [9.17, 15) is 17.2 Å². The third-order valence-electron chi connectivity index (χ3n) is 4.93. The molecule has 0 saturated carbocycles. The highest BCUT2D eigenvalue weighted by Gasteiger charge is 2.12. The number of nitrogens with two attached hydrogens (primary N) is 1. The van der Waals surface area contributed by atoms with Crippen molar-refractivity contribution >= 4 is 44.3 Å². The molecule has 0 aliphatic rings. The van der Waals surface area contributed by atoms with Crippen LogP contribution < -0.4 is 11.1 Å². The van der Waals surface area contributed by atoms with Gasteiger partial charge >= 0.3 is 0 Å². The van der Waals surface area contributed by atoms with Gasteiger partial charge < -0.3 is 16.0 Å². The normalized spacial score (nSPS) is 11.2. The Labute approximate surface area is 206 Å². The first-order valence-electron chi connectivity index (χ1n) is 10.5. The quantitative estimate of drug-likeness (QED) is 0.199. The number of aromatic amines is 1. The molecule has 0 bridgehead atoms. The number of halogens is 3. The van der Waals surface area contributed by atoms with Crippen molar-refractivity contribution in [1.29, 1.82) is 0 Å². The molecule has 186 valence electrons. The topological polar surface area (TPSA) is 134 Å². The summed E-state index contributed by atoms with van der Waals surface area (Å²) in [6, 6.07) is 7.88. The largest absolute Gasteiger partial charge is 0.396 e. The Hall–Kier alpha value is -3.28. The van der Waals surface area contributed by atoms with E-state index in [1.807, 2.05) is 18.3 Å². The summed E-state index contributed by atoms with van der Waals surface area (Å²) in [4.78, 5) is 11.7. The fraction of sp³-hybridized carbons (Fsp3) is 0.217. The molecule has 3 aromatic heterocycles. The lowest BCUT2D eigenvalue weighted by Gasteiger charge is -2.10. The summed E-state index contributed by atoms with van der Waals surface area (Å²) in [6.45, 7) is 1.63. The highest BCUT2D eigenvalue weighted by molar-refractivity contribution is 7.85. The average Bonchev–Trinajstić information content (AvgIpc) is 3.19. The fourth-order valence-electron chi connectivity index (χ4n) is 3.25. The number of anilines is 2. The molecule has 0 spiro atoms. The smallest absolute Gasteiger partial charge is 0.264 e. The predicted octanol–water partition coefficient (Wildman–Crippen LogP) is 4.96. The Morgan fingerprint density at radius 1 is 1.17 bits per heavy atom. The van der Waals surface area contributed by atoms with Gasteiger partial charge in [-0.2, -0.15) is 8.42 Å². The lowest BCUT2D eigenvalue weighted by atomic mass is 10.1. The van der Waals surface area contributed by atoms with E-state index in [1.165, 1.54) is 6.07 Å². The van der Waals surface area contributed by atoms with Gasteiger partial charge in [-0.15, -0.1) is 0 Å². The summed E-state index contributed by atoms with van der Waals surface area (Å²) in [5.74, 6) is -1.03. The Kier molecular flexibility index (Phi) is 8.60. The van der Waals surface area contributed by atoms with Gasteiger partial charge in [0.25, 0.3) is 10.1 Å². The second-order valence-corrected chi connectivity index (χ2v) is 9.67. The molecule has 4 rings (SSSR count). The Bertz CT molecular complexity index is 1410. The number of nitrogen functional groups attached to an aromatic ring is 1. The van der Waals surface area contributed by atoms with Gasteiger partial charge in [0.1, 0.15) is 17.3 Å². The minimum atomic E-state index is -3.67. The number of nitrogens with zero attached hydrogens (tertiary/aromatic N) is 2.